The Morgan fingerprint density at radius 3 is 3.11 bits per heavy atom. The summed E-state index contributed by atoms with van der Waals surface area (Å²) in [6.07, 6.45) is 5.50. The number of ether oxygens (including phenoxy) is 1. The Morgan fingerprint density at radius 1 is 2.00 bits per heavy atom. The van der Waals surface area contributed by atoms with Gasteiger partial charge in [0, 0.05) is 0 Å². The molecule has 1 N–H and O–H groups in total. The molecule has 0 aliphatic heterocycles. The molecule has 0 heterocycles. The van der Waals surface area contributed by atoms with Gasteiger partial charge in [0.05, 0.1) is 0 Å². The standard InChI is InChI=1S/C5H4N2O2/c1-2-3-9-5(8)4-7-6/h1,4H,3H2/p+1/b5-4+. The van der Waals surface area contributed by atoms with E-state index < -0.39 is 5.95 Å². The van der Waals surface area contributed by atoms with E-state index in [4.69, 9.17) is 16.9 Å². The number of terminal acetylenes is 1. The second kappa shape index (κ2) is 4.48. The summed E-state index contributed by atoms with van der Waals surface area (Å²) in [6.45, 7) is -0.0438. The van der Waals surface area contributed by atoms with E-state index in [0.29, 0.717) is 0 Å². The molecule has 46 valence electrons. The fourth-order valence-corrected chi connectivity index (χ4v) is 0.202. The van der Waals surface area contributed by atoms with Crippen LogP contribution in [-0.4, -0.2) is 11.7 Å². The highest BCUT2D eigenvalue weighted by molar-refractivity contribution is 4.91. The summed E-state index contributed by atoms with van der Waals surface area (Å²) in [5.74, 6) is 1.61. The molecule has 0 amide bonds. The molecule has 0 bridgehead atoms. The smallest absolute Gasteiger partial charge is 0.429 e. The molecule has 0 unspecified atom stereocenters. The van der Waals surface area contributed by atoms with Crippen molar-refractivity contribution in [3.8, 4) is 12.3 Å². The number of rotatable bonds is 2. The van der Waals surface area contributed by atoms with Crippen LogP contribution < -0.4 is 0 Å². The third kappa shape index (κ3) is 4.17. The van der Waals surface area contributed by atoms with E-state index in [-0.39, 0.29) is 6.61 Å². The van der Waals surface area contributed by atoms with E-state index in [1.54, 1.807) is 0 Å². The Kier molecular flexibility index (Phi) is 3.64. The van der Waals surface area contributed by atoms with Gasteiger partial charge in [0.1, 0.15) is 0 Å². The van der Waals surface area contributed by atoms with Crippen LogP contribution in [0, 0.1) is 17.7 Å². The number of aliphatic hydroxyl groups is 1. The van der Waals surface area contributed by atoms with E-state index in [2.05, 4.69) is 15.6 Å². The first-order chi connectivity index (χ1) is 4.31. The zero-order valence-corrected chi connectivity index (χ0v) is 4.61. The highest BCUT2D eigenvalue weighted by Gasteiger charge is 1.96. The summed E-state index contributed by atoms with van der Waals surface area (Å²) in [5.41, 5.74) is 0. The van der Waals surface area contributed by atoms with Crippen molar-refractivity contribution in [2.45, 2.75) is 0 Å². The van der Waals surface area contributed by atoms with Crippen LogP contribution in [0.4, 0.5) is 0 Å². The summed E-state index contributed by atoms with van der Waals surface area (Å²) in [4.78, 5) is 2.48. The molecular weight excluding hydrogens is 120 g/mol. The number of nitrogens with zero attached hydrogens (tertiary/aromatic N) is 2. The van der Waals surface area contributed by atoms with Crippen LogP contribution in [0.15, 0.2) is 12.1 Å². The Morgan fingerprint density at radius 2 is 2.67 bits per heavy atom. The normalized spacial score (nSPS) is 9.33. The summed E-state index contributed by atoms with van der Waals surface area (Å²) < 4.78 is 4.36. The van der Waals surface area contributed by atoms with Crippen molar-refractivity contribution in [2.24, 2.45) is 0 Å². The maximum Gasteiger partial charge on any atom is 0.429 e. The minimum atomic E-state index is -0.504. The van der Waals surface area contributed by atoms with E-state index in [0.717, 1.165) is 6.20 Å². The zero-order valence-electron chi connectivity index (χ0n) is 4.61. The summed E-state index contributed by atoms with van der Waals surface area (Å²) >= 11 is 0. The van der Waals surface area contributed by atoms with E-state index >= 15 is 0 Å². The molecule has 4 heteroatoms. The van der Waals surface area contributed by atoms with Crippen molar-refractivity contribution >= 4 is 0 Å². The van der Waals surface area contributed by atoms with Crippen LogP contribution >= 0.6 is 0 Å². The largest absolute Gasteiger partial charge is 0.476 e. The third-order valence-corrected chi connectivity index (χ3v) is 0.472. The van der Waals surface area contributed by atoms with Gasteiger partial charge in [0.2, 0.25) is 5.39 Å². The Labute approximate surface area is 52.4 Å². The first kappa shape index (κ1) is 7.32. The third-order valence-electron chi connectivity index (χ3n) is 0.472. The lowest BCUT2D eigenvalue weighted by Crippen LogP contribution is -1.89. The molecule has 0 spiro atoms. The molecule has 0 aliphatic carbocycles. The summed E-state index contributed by atoms with van der Waals surface area (Å²) in [5, 5.41) is 16.3. The van der Waals surface area contributed by atoms with Gasteiger partial charge in [-0.3, -0.25) is 0 Å². The Bertz CT molecular complexity index is 184. The van der Waals surface area contributed by atoms with Crippen LogP contribution in [0.25, 0.3) is 4.98 Å². The highest BCUT2D eigenvalue weighted by atomic mass is 16.6. The maximum atomic E-state index is 8.47. The van der Waals surface area contributed by atoms with Gasteiger partial charge < -0.3 is 9.84 Å². The molecule has 0 radical (unpaired) electrons. The topological polar surface area (TPSA) is 57.6 Å². The van der Waals surface area contributed by atoms with Gasteiger partial charge in [-0.1, -0.05) is 5.92 Å². The van der Waals surface area contributed by atoms with Crippen LogP contribution in [0.1, 0.15) is 0 Å². The lowest BCUT2D eigenvalue weighted by atomic mass is 10.7. The molecule has 0 fully saturated rings. The minimum Gasteiger partial charge on any atom is -0.476 e. The lowest BCUT2D eigenvalue weighted by Gasteiger charge is -1.90. The second-order valence-electron chi connectivity index (χ2n) is 1.08. The van der Waals surface area contributed by atoms with E-state index in [1.807, 2.05) is 0 Å². The van der Waals surface area contributed by atoms with Crippen LogP contribution in [0.2, 0.25) is 0 Å². The summed E-state index contributed by atoms with van der Waals surface area (Å²) in [7, 11) is 0. The van der Waals surface area contributed by atoms with Crippen LogP contribution in [-0.2, 0) is 4.74 Å². The molecule has 9 heavy (non-hydrogen) atoms. The summed E-state index contributed by atoms with van der Waals surface area (Å²) in [6, 6.07) is 0. The number of diazo groups is 1. The van der Waals surface area contributed by atoms with E-state index in [1.165, 1.54) is 0 Å². The maximum absolute atomic E-state index is 8.47. The molecule has 0 aromatic heterocycles. The van der Waals surface area contributed by atoms with Crippen molar-refractivity contribution in [3.63, 3.8) is 0 Å². The molecule has 0 aromatic rings. The number of hydrogen-bond donors (Lipinski definition) is 1. The zero-order chi connectivity index (χ0) is 7.11. The van der Waals surface area contributed by atoms with Gasteiger partial charge in [0.25, 0.3) is 0 Å². The number of hydrogen-bond acceptors (Lipinski definition) is 3. The molecule has 0 aromatic carbocycles. The van der Waals surface area contributed by atoms with Gasteiger partial charge in [-0.25, -0.2) is 0 Å². The van der Waals surface area contributed by atoms with Crippen LogP contribution in [0.5, 0.6) is 0 Å². The quantitative estimate of drug-likeness (QED) is 0.338. The van der Waals surface area contributed by atoms with Gasteiger partial charge in [-0.15, -0.1) is 6.42 Å². The predicted molar refractivity (Wildman–Crippen MR) is 30.6 cm³/mol. The number of aliphatic hydroxyl groups excluding tert-OH is 1. The van der Waals surface area contributed by atoms with Crippen LogP contribution in [0.3, 0.4) is 0 Å². The highest BCUT2D eigenvalue weighted by Crippen LogP contribution is 1.89. The average molecular weight is 125 g/mol. The Balaban J connectivity index is 3.56. The first-order valence-electron chi connectivity index (χ1n) is 2.11. The Hall–Kier alpha value is -1.68. The van der Waals surface area contributed by atoms with Gasteiger partial charge in [-0.05, 0) is 0 Å². The lowest BCUT2D eigenvalue weighted by molar-refractivity contribution is 0.116. The molecule has 0 rings (SSSR count). The average Bonchev–Trinajstić information content (AvgIpc) is 1.85. The predicted octanol–water partition coefficient (Wildman–Crippen LogP) is 0.846. The SMILES string of the molecule is C#CCO/C(O)=C/[N+]#N. The fraction of sp³-hybridized carbons (Fsp3) is 0.200. The second-order valence-corrected chi connectivity index (χ2v) is 1.08. The molecule has 4 nitrogen and oxygen atoms in total. The van der Waals surface area contributed by atoms with Crippen molar-refractivity contribution < 1.29 is 9.84 Å². The van der Waals surface area contributed by atoms with Gasteiger partial charge in [0.15, 0.2) is 11.6 Å². The molecule has 0 aliphatic rings. The van der Waals surface area contributed by atoms with Crippen molar-refractivity contribution in [2.75, 3.05) is 6.61 Å². The monoisotopic (exact) mass is 125 g/mol. The van der Waals surface area contributed by atoms with Crippen molar-refractivity contribution in [3.05, 3.63) is 17.1 Å². The minimum absolute atomic E-state index is 0.0438. The van der Waals surface area contributed by atoms with Gasteiger partial charge >= 0.3 is 12.1 Å². The van der Waals surface area contributed by atoms with Crippen molar-refractivity contribution in [1.82, 2.24) is 0 Å². The molecular formula is C5H5N2O2+. The molecule has 0 saturated heterocycles. The first-order valence-corrected chi connectivity index (χ1v) is 2.11. The molecule has 0 saturated carbocycles. The van der Waals surface area contributed by atoms with E-state index in [9.17, 15) is 0 Å². The fourth-order valence-electron chi connectivity index (χ4n) is 0.202. The van der Waals surface area contributed by atoms with Gasteiger partial charge in [-0.2, -0.15) is 0 Å². The van der Waals surface area contributed by atoms with Crippen molar-refractivity contribution in [1.29, 1.82) is 5.39 Å². The molecule has 0 atom stereocenters.